The lowest BCUT2D eigenvalue weighted by atomic mass is 10.00. The molecule has 6 heteroatoms. The van der Waals surface area contributed by atoms with Crippen molar-refractivity contribution in [1.82, 2.24) is 0 Å². The first-order valence-corrected chi connectivity index (χ1v) is 27.8. The molecule has 0 N–H and O–H groups in total. The average Bonchev–Trinajstić information content (AvgIpc) is 3.26. The number of carbonyl (C=O) groups is 3. The van der Waals surface area contributed by atoms with Crippen LogP contribution in [0.15, 0.2) is 0 Å². The van der Waals surface area contributed by atoms with E-state index in [0.29, 0.717) is 19.3 Å². The summed E-state index contributed by atoms with van der Waals surface area (Å²) < 4.78 is 16.8. The average molecular weight is 877 g/mol. The van der Waals surface area contributed by atoms with E-state index in [9.17, 15) is 14.4 Å². The van der Waals surface area contributed by atoms with E-state index >= 15 is 0 Å². The molecule has 0 aromatic heterocycles. The molecule has 0 rings (SSSR count). The first-order valence-electron chi connectivity index (χ1n) is 27.8. The van der Waals surface area contributed by atoms with Crippen LogP contribution >= 0.6 is 0 Å². The standard InChI is InChI=1S/C56H108O6/c1-6-8-9-10-11-12-13-14-15-16-17-18-21-24-27-30-36-41-46-54(57)60-49-53(62-56(59)48-43-38-33-32-35-40-45-52(5)7-2)50-61-55(58)47-42-37-31-28-25-22-19-20-23-26-29-34-39-44-51(3)4/h51-53H,6-50H2,1-5H3/t52?,53-/m0/s1. The molecule has 0 aromatic rings. The molecular weight excluding hydrogens is 769 g/mol. The summed E-state index contributed by atoms with van der Waals surface area (Å²) >= 11 is 0. The number of carbonyl (C=O) groups excluding carboxylic acids is 3. The number of hydrogen-bond donors (Lipinski definition) is 0. The van der Waals surface area contributed by atoms with Crippen molar-refractivity contribution in [3.8, 4) is 0 Å². The van der Waals surface area contributed by atoms with Gasteiger partial charge < -0.3 is 14.2 Å². The molecule has 0 spiro atoms. The number of esters is 3. The van der Waals surface area contributed by atoms with Gasteiger partial charge in [-0.1, -0.05) is 272 Å². The van der Waals surface area contributed by atoms with Gasteiger partial charge in [0.25, 0.3) is 0 Å². The van der Waals surface area contributed by atoms with Gasteiger partial charge in [0.1, 0.15) is 13.2 Å². The third kappa shape index (κ3) is 47.9. The fourth-order valence-electron chi connectivity index (χ4n) is 8.49. The topological polar surface area (TPSA) is 78.9 Å². The Morgan fingerprint density at radius 1 is 0.339 bits per heavy atom. The highest BCUT2D eigenvalue weighted by Crippen LogP contribution is 2.18. The summed E-state index contributed by atoms with van der Waals surface area (Å²) in [5.74, 6) is 0.802. The van der Waals surface area contributed by atoms with E-state index in [4.69, 9.17) is 14.2 Å². The van der Waals surface area contributed by atoms with E-state index in [1.165, 1.54) is 199 Å². The minimum atomic E-state index is -0.763. The molecular formula is C56H108O6. The van der Waals surface area contributed by atoms with Crippen LogP contribution in [0.2, 0.25) is 0 Å². The SMILES string of the molecule is CCCCCCCCCCCCCCCCCCCCC(=O)OC[C@@H](COC(=O)CCCCCCCCCCCCCCCC(C)C)OC(=O)CCCCCCCCC(C)CC. The molecule has 0 aromatic carbocycles. The van der Waals surface area contributed by atoms with E-state index in [-0.39, 0.29) is 31.1 Å². The molecule has 0 radical (unpaired) electrons. The molecule has 6 nitrogen and oxygen atoms in total. The van der Waals surface area contributed by atoms with Crippen molar-refractivity contribution in [2.45, 2.75) is 317 Å². The first kappa shape index (κ1) is 60.4. The monoisotopic (exact) mass is 877 g/mol. The number of hydrogen-bond acceptors (Lipinski definition) is 6. The molecule has 0 saturated heterocycles. The lowest BCUT2D eigenvalue weighted by Gasteiger charge is -2.18. The van der Waals surface area contributed by atoms with Gasteiger partial charge in [0.15, 0.2) is 6.10 Å². The van der Waals surface area contributed by atoms with Gasteiger partial charge in [-0.2, -0.15) is 0 Å². The summed E-state index contributed by atoms with van der Waals surface area (Å²) in [6, 6.07) is 0. The Hall–Kier alpha value is -1.59. The number of rotatable bonds is 50. The second kappa shape index (κ2) is 48.9. The third-order valence-corrected chi connectivity index (χ3v) is 13.1. The smallest absolute Gasteiger partial charge is 0.306 e. The van der Waals surface area contributed by atoms with Crippen molar-refractivity contribution in [1.29, 1.82) is 0 Å². The molecule has 2 atom stereocenters. The van der Waals surface area contributed by atoms with Crippen LogP contribution in [0.25, 0.3) is 0 Å². The van der Waals surface area contributed by atoms with E-state index in [1.807, 2.05) is 0 Å². The zero-order valence-corrected chi connectivity index (χ0v) is 42.5. The van der Waals surface area contributed by atoms with Crippen LogP contribution in [0.3, 0.4) is 0 Å². The Balaban J connectivity index is 4.24. The largest absolute Gasteiger partial charge is 0.462 e. The zero-order valence-electron chi connectivity index (χ0n) is 42.5. The van der Waals surface area contributed by atoms with Crippen LogP contribution in [0.1, 0.15) is 311 Å². The zero-order chi connectivity index (χ0) is 45.4. The van der Waals surface area contributed by atoms with Gasteiger partial charge in [0, 0.05) is 19.3 Å². The number of ether oxygens (including phenoxy) is 3. The minimum Gasteiger partial charge on any atom is -0.462 e. The van der Waals surface area contributed by atoms with Crippen molar-refractivity contribution in [2.24, 2.45) is 11.8 Å². The lowest BCUT2D eigenvalue weighted by molar-refractivity contribution is -0.167. The van der Waals surface area contributed by atoms with Gasteiger partial charge in [0.2, 0.25) is 0 Å². The van der Waals surface area contributed by atoms with Crippen LogP contribution in [0.5, 0.6) is 0 Å². The van der Waals surface area contributed by atoms with E-state index < -0.39 is 6.10 Å². The Bertz CT molecular complexity index is 949. The molecule has 0 amide bonds. The third-order valence-electron chi connectivity index (χ3n) is 13.1. The van der Waals surface area contributed by atoms with Crippen LogP contribution in [0, 0.1) is 11.8 Å². The summed E-state index contributed by atoms with van der Waals surface area (Å²) in [5.41, 5.74) is 0. The van der Waals surface area contributed by atoms with Crippen LogP contribution in [-0.4, -0.2) is 37.2 Å². The Morgan fingerprint density at radius 3 is 0.919 bits per heavy atom. The maximum atomic E-state index is 12.8. The fraction of sp³-hybridized carbons (Fsp3) is 0.946. The highest BCUT2D eigenvalue weighted by atomic mass is 16.6. The summed E-state index contributed by atoms with van der Waals surface area (Å²) in [7, 11) is 0. The summed E-state index contributed by atoms with van der Waals surface area (Å²) in [5, 5.41) is 0. The second-order valence-corrected chi connectivity index (χ2v) is 19.9. The predicted molar refractivity (Wildman–Crippen MR) is 266 cm³/mol. The van der Waals surface area contributed by atoms with Gasteiger partial charge in [-0.25, -0.2) is 0 Å². The van der Waals surface area contributed by atoms with Gasteiger partial charge in [0.05, 0.1) is 0 Å². The molecule has 1 unspecified atom stereocenters. The summed E-state index contributed by atoms with van der Waals surface area (Å²) in [6.45, 7) is 11.4. The van der Waals surface area contributed by atoms with Crippen molar-refractivity contribution < 1.29 is 28.6 Å². The molecule has 0 aliphatic carbocycles. The van der Waals surface area contributed by atoms with Gasteiger partial charge in [-0.15, -0.1) is 0 Å². The van der Waals surface area contributed by atoms with Gasteiger partial charge in [-0.05, 0) is 31.1 Å². The van der Waals surface area contributed by atoms with Crippen molar-refractivity contribution in [3.05, 3.63) is 0 Å². The first-order chi connectivity index (χ1) is 30.3. The highest BCUT2D eigenvalue weighted by Gasteiger charge is 2.19. The predicted octanol–water partition coefficient (Wildman–Crippen LogP) is 18.1. The van der Waals surface area contributed by atoms with Gasteiger partial charge >= 0.3 is 17.9 Å². The molecule has 0 saturated carbocycles. The van der Waals surface area contributed by atoms with Gasteiger partial charge in [-0.3, -0.25) is 14.4 Å². The molecule has 368 valence electrons. The van der Waals surface area contributed by atoms with Crippen LogP contribution < -0.4 is 0 Å². The summed E-state index contributed by atoms with van der Waals surface area (Å²) in [6.07, 6.45) is 51.0. The second-order valence-electron chi connectivity index (χ2n) is 19.9. The number of unbranched alkanes of at least 4 members (excludes halogenated alkanes) is 34. The molecule has 0 heterocycles. The van der Waals surface area contributed by atoms with Crippen molar-refractivity contribution in [3.63, 3.8) is 0 Å². The normalized spacial score (nSPS) is 12.5. The lowest BCUT2D eigenvalue weighted by Crippen LogP contribution is -2.30. The van der Waals surface area contributed by atoms with Crippen LogP contribution in [0.4, 0.5) is 0 Å². The fourth-order valence-corrected chi connectivity index (χ4v) is 8.49. The van der Waals surface area contributed by atoms with Crippen molar-refractivity contribution >= 4 is 17.9 Å². The molecule has 0 bridgehead atoms. The van der Waals surface area contributed by atoms with E-state index in [0.717, 1.165) is 69.6 Å². The van der Waals surface area contributed by atoms with Crippen molar-refractivity contribution in [2.75, 3.05) is 13.2 Å². The van der Waals surface area contributed by atoms with E-state index in [1.54, 1.807) is 0 Å². The molecule has 62 heavy (non-hydrogen) atoms. The molecule has 0 aliphatic heterocycles. The minimum absolute atomic E-state index is 0.0641. The molecule has 0 aliphatic rings. The summed E-state index contributed by atoms with van der Waals surface area (Å²) in [4.78, 5) is 38.0. The van der Waals surface area contributed by atoms with E-state index in [2.05, 4.69) is 34.6 Å². The Kier molecular flexibility index (Phi) is 47.6. The maximum Gasteiger partial charge on any atom is 0.306 e. The van der Waals surface area contributed by atoms with Crippen LogP contribution in [-0.2, 0) is 28.6 Å². The quantitative estimate of drug-likeness (QED) is 0.0344. The maximum absolute atomic E-state index is 12.8. The molecule has 0 fully saturated rings. The Morgan fingerprint density at radius 2 is 0.613 bits per heavy atom. The highest BCUT2D eigenvalue weighted by molar-refractivity contribution is 5.71. The Labute approximate surface area is 387 Å².